The molecule has 0 aliphatic carbocycles. The van der Waals surface area contributed by atoms with Gasteiger partial charge in [0.2, 0.25) is 0 Å². The third-order valence-corrected chi connectivity index (χ3v) is 1.34. The highest BCUT2D eigenvalue weighted by Crippen LogP contribution is 2.16. The number of carbonyl (C=O) groups is 1. The van der Waals surface area contributed by atoms with Gasteiger partial charge in [0.15, 0.2) is 0 Å². The van der Waals surface area contributed by atoms with Crippen molar-refractivity contribution in [2.75, 3.05) is 0 Å². The Morgan fingerprint density at radius 1 is 1.62 bits per heavy atom. The molecule has 0 heterocycles. The standard InChI is InChI=1S/C8H3ClFNO2/c9-8(12)13-6-2-1-5(4-11)7(10)3-6/h1-3H. The van der Waals surface area contributed by atoms with Crippen molar-refractivity contribution in [3.8, 4) is 11.8 Å². The summed E-state index contributed by atoms with van der Waals surface area (Å²) in [6, 6.07) is 5.02. The third kappa shape index (κ3) is 2.42. The Hall–Kier alpha value is -1.60. The predicted molar refractivity (Wildman–Crippen MR) is 43.0 cm³/mol. The van der Waals surface area contributed by atoms with E-state index in [1.165, 1.54) is 12.1 Å². The number of nitrogens with zero attached hydrogens (tertiary/aromatic N) is 1. The van der Waals surface area contributed by atoms with E-state index in [4.69, 9.17) is 16.9 Å². The maximum absolute atomic E-state index is 12.8. The molecule has 1 aromatic carbocycles. The van der Waals surface area contributed by atoms with E-state index >= 15 is 0 Å². The Kier molecular flexibility index (Phi) is 2.83. The van der Waals surface area contributed by atoms with Gasteiger partial charge < -0.3 is 4.74 Å². The third-order valence-electron chi connectivity index (χ3n) is 1.26. The van der Waals surface area contributed by atoms with Crippen LogP contribution in [-0.2, 0) is 0 Å². The van der Waals surface area contributed by atoms with E-state index in [2.05, 4.69) is 4.74 Å². The largest absolute Gasteiger partial charge is 0.414 e. The predicted octanol–water partition coefficient (Wildman–Crippen LogP) is 2.43. The van der Waals surface area contributed by atoms with E-state index in [9.17, 15) is 9.18 Å². The molecule has 0 amide bonds. The summed E-state index contributed by atoms with van der Waals surface area (Å²) in [5, 5.41) is 8.37. The smallest absolute Gasteiger partial charge is 0.409 e. The van der Waals surface area contributed by atoms with Crippen molar-refractivity contribution in [3.05, 3.63) is 29.6 Å². The van der Waals surface area contributed by atoms with Crippen LogP contribution in [0.25, 0.3) is 0 Å². The summed E-state index contributed by atoms with van der Waals surface area (Å²) in [4.78, 5) is 10.2. The first-order valence-electron chi connectivity index (χ1n) is 3.20. The molecule has 0 saturated heterocycles. The number of hydrogen-bond donors (Lipinski definition) is 0. The fourth-order valence-electron chi connectivity index (χ4n) is 0.743. The highest BCUT2D eigenvalue weighted by atomic mass is 35.5. The average Bonchev–Trinajstić information content (AvgIpc) is 2.03. The molecular formula is C8H3ClFNO2. The fraction of sp³-hybridized carbons (Fsp3) is 0. The Balaban J connectivity index is 2.97. The van der Waals surface area contributed by atoms with E-state index in [1.807, 2.05) is 0 Å². The van der Waals surface area contributed by atoms with Crippen LogP contribution >= 0.6 is 11.6 Å². The van der Waals surface area contributed by atoms with Crippen molar-refractivity contribution in [1.29, 1.82) is 5.26 Å². The van der Waals surface area contributed by atoms with E-state index in [1.54, 1.807) is 6.07 Å². The molecule has 0 atom stereocenters. The molecule has 0 saturated carbocycles. The Morgan fingerprint density at radius 2 is 2.31 bits per heavy atom. The van der Waals surface area contributed by atoms with Crippen LogP contribution in [-0.4, -0.2) is 5.43 Å². The van der Waals surface area contributed by atoms with Crippen molar-refractivity contribution >= 4 is 17.0 Å². The Bertz CT molecular complexity index is 386. The zero-order chi connectivity index (χ0) is 9.84. The van der Waals surface area contributed by atoms with Gasteiger partial charge in [-0.1, -0.05) is 0 Å². The van der Waals surface area contributed by atoms with E-state index in [0.717, 1.165) is 6.07 Å². The molecule has 0 fully saturated rings. The number of hydrogen-bond acceptors (Lipinski definition) is 3. The molecule has 0 aliphatic heterocycles. The van der Waals surface area contributed by atoms with Crippen molar-refractivity contribution in [2.45, 2.75) is 0 Å². The van der Waals surface area contributed by atoms with Crippen LogP contribution in [0.3, 0.4) is 0 Å². The van der Waals surface area contributed by atoms with E-state index in [0.29, 0.717) is 0 Å². The lowest BCUT2D eigenvalue weighted by Gasteiger charge is -1.99. The fourth-order valence-corrected chi connectivity index (χ4v) is 0.832. The summed E-state index contributed by atoms with van der Waals surface area (Å²) in [5.41, 5.74) is -1.17. The Morgan fingerprint density at radius 3 is 2.77 bits per heavy atom. The van der Waals surface area contributed by atoms with Gasteiger partial charge in [0.1, 0.15) is 17.6 Å². The van der Waals surface area contributed by atoms with Gasteiger partial charge in [0.05, 0.1) is 5.56 Å². The van der Waals surface area contributed by atoms with E-state index in [-0.39, 0.29) is 11.3 Å². The quantitative estimate of drug-likeness (QED) is 0.653. The van der Waals surface area contributed by atoms with E-state index < -0.39 is 11.2 Å². The monoisotopic (exact) mass is 199 g/mol. The average molecular weight is 200 g/mol. The summed E-state index contributed by atoms with van der Waals surface area (Å²) in [6.45, 7) is 0. The second-order valence-corrected chi connectivity index (χ2v) is 2.40. The van der Waals surface area contributed by atoms with Crippen molar-refractivity contribution in [1.82, 2.24) is 0 Å². The maximum atomic E-state index is 12.8. The molecule has 1 aromatic rings. The van der Waals surface area contributed by atoms with Crippen molar-refractivity contribution < 1.29 is 13.9 Å². The minimum Gasteiger partial charge on any atom is -0.414 e. The molecule has 0 aromatic heterocycles. The Labute approximate surface area is 78.3 Å². The van der Waals surface area contributed by atoms with Crippen LogP contribution in [0, 0.1) is 17.1 Å². The second kappa shape index (κ2) is 3.87. The number of benzene rings is 1. The SMILES string of the molecule is N#Cc1ccc(OC(=O)Cl)cc1F. The summed E-state index contributed by atoms with van der Waals surface area (Å²) in [5.74, 6) is -0.783. The lowest BCUT2D eigenvalue weighted by Crippen LogP contribution is -1.96. The number of halogens is 2. The first-order valence-corrected chi connectivity index (χ1v) is 3.58. The van der Waals surface area contributed by atoms with Crippen molar-refractivity contribution in [3.63, 3.8) is 0 Å². The molecular weight excluding hydrogens is 197 g/mol. The summed E-state index contributed by atoms with van der Waals surface area (Å²) in [7, 11) is 0. The minimum atomic E-state index is -1.05. The molecule has 0 aliphatic rings. The maximum Gasteiger partial charge on any atom is 0.409 e. The molecule has 0 bridgehead atoms. The molecule has 0 unspecified atom stereocenters. The first-order chi connectivity index (χ1) is 6.13. The topological polar surface area (TPSA) is 50.1 Å². The second-order valence-electron chi connectivity index (χ2n) is 2.09. The number of rotatable bonds is 1. The molecule has 0 radical (unpaired) electrons. The van der Waals surface area contributed by atoms with Gasteiger partial charge in [-0.2, -0.15) is 5.26 Å². The minimum absolute atomic E-state index is 0.0310. The van der Waals surface area contributed by atoms with Crippen LogP contribution in [0.2, 0.25) is 0 Å². The van der Waals surface area contributed by atoms with Crippen LogP contribution in [0.4, 0.5) is 9.18 Å². The van der Waals surface area contributed by atoms with Gasteiger partial charge >= 0.3 is 5.43 Å². The van der Waals surface area contributed by atoms with Gasteiger partial charge in [0, 0.05) is 17.7 Å². The molecule has 5 heteroatoms. The number of ether oxygens (including phenoxy) is 1. The summed E-state index contributed by atoms with van der Waals surface area (Å²) >= 11 is 4.89. The van der Waals surface area contributed by atoms with Gasteiger partial charge in [-0.3, -0.25) is 0 Å². The van der Waals surface area contributed by atoms with Crippen LogP contribution < -0.4 is 4.74 Å². The van der Waals surface area contributed by atoms with Crippen molar-refractivity contribution in [2.24, 2.45) is 0 Å². The highest BCUT2D eigenvalue weighted by molar-refractivity contribution is 6.61. The van der Waals surface area contributed by atoms with Crippen LogP contribution in [0.1, 0.15) is 5.56 Å². The van der Waals surface area contributed by atoms with Crippen LogP contribution in [0.15, 0.2) is 18.2 Å². The highest BCUT2D eigenvalue weighted by Gasteiger charge is 2.05. The van der Waals surface area contributed by atoms with Gasteiger partial charge in [0.25, 0.3) is 0 Å². The van der Waals surface area contributed by atoms with Gasteiger partial charge in [-0.15, -0.1) is 0 Å². The normalized spacial score (nSPS) is 9.00. The molecule has 66 valence electrons. The zero-order valence-corrected chi connectivity index (χ0v) is 7.01. The van der Waals surface area contributed by atoms with Gasteiger partial charge in [-0.25, -0.2) is 9.18 Å². The lowest BCUT2D eigenvalue weighted by atomic mass is 10.2. The zero-order valence-electron chi connectivity index (χ0n) is 6.25. The summed E-state index contributed by atoms with van der Waals surface area (Å²) < 4.78 is 17.2. The molecule has 1 rings (SSSR count). The summed E-state index contributed by atoms with van der Waals surface area (Å²) in [6.07, 6.45) is 0. The van der Waals surface area contributed by atoms with Crippen LogP contribution in [0.5, 0.6) is 5.75 Å². The number of nitriles is 1. The lowest BCUT2D eigenvalue weighted by molar-refractivity contribution is 0.225. The first kappa shape index (κ1) is 9.49. The molecule has 3 nitrogen and oxygen atoms in total. The molecule has 0 spiro atoms. The molecule has 0 N–H and O–H groups in total. The van der Waals surface area contributed by atoms with Gasteiger partial charge in [-0.05, 0) is 12.1 Å². The number of carbonyl (C=O) groups excluding carboxylic acids is 1. The molecule has 13 heavy (non-hydrogen) atoms.